The van der Waals surface area contributed by atoms with Crippen molar-refractivity contribution in [2.75, 3.05) is 0 Å². The molecule has 4 nitrogen and oxygen atoms in total. The molecule has 0 N–H and O–H groups in total. The van der Waals surface area contributed by atoms with Crippen molar-refractivity contribution in [3.8, 4) is 0 Å². The molecule has 0 fully saturated rings. The Morgan fingerprint density at radius 1 is 0.621 bits per heavy atom. The summed E-state index contributed by atoms with van der Waals surface area (Å²) in [7, 11) is -3.80. The summed E-state index contributed by atoms with van der Waals surface area (Å²) in [5, 5.41) is 0. The quantitative estimate of drug-likeness (QED) is 0.104. The van der Waals surface area contributed by atoms with Crippen molar-refractivity contribution in [1.29, 1.82) is 0 Å². The van der Waals surface area contributed by atoms with Crippen LogP contribution in [0.25, 0.3) is 0 Å². The van der Waals surface area contributed by atoms with Gasteiger partial charge in [-0.15, -0.1) is 19.7 Å². The number of rotatable bonds is 21. The van der Waals surface area contributed by atoms with Gasteiger partial charge in [-0.3, -0.25) is 13.6 Å². The number of unbranched alkanes of at least 4 members (excludes halogenated alkanes) is 6. The first-order chi connectivity index (χ1) is 14.0. The minimum Gasteiger partial charge on any atom is -0.279 e. The van der Waals surface area contributed by atoms with Gasteiger partial charge >= 0.3 is 7.82 Å². The lowest BCUT2D eigenvalue weighted by atomic mass is 10.1. The Hall–Kier alpha value is -0.670. The van der Waals surface area contributed by atoms with E-state index in [9.17, 15) is 4.57 Å². The molecule has 29 heavy (non-hydrogen) atoms. The molecule has 0 bridgehead atoms. The van der Waals surface area contributed by atoms with Gasteiger partial charge in [0.05, 0.1) is 18.3 Å². The maximum Gasteiger partial charge on any atom is 0.476 e. The molecule has 0 aromatic carbocycles. The van der Waals surface area contributed by atoms with Gasteiger partial charge in [0.15, 0.2) is 0 Å². The first-order valence-corrected chi connectivity index (χ1v) is 13.0. The van der Waals surface area contributed by atoms with Gasteiger partial charge in [-0.2, -0.15) is 0 Å². The zero-order chi connectivity index (χ0) is 22.0. The molecule has 0 radical (unpaired) electrons. The predicted molar refractivity (Wildman–Crippen MR) is 125 cm³/mol. The Kier molecular flexibility index (Phi) is 17.7. The fourth-order valence-electron chi connectivity index (χ4n) is 3.00. The molecule has 0 aromatic heterocycles. The second-order valence-electron chi connectivity index (χ2n) is 7.57. The molecular formula is C24H45O4P. The minimum atomic E-state index is -3.80. The van der Waals surface area contributed by atoms with Crippen molar-refractivity contribution in [2.45, 2.75) is 116 Å². The first kappa shape index (κ1) is 28.3. The van der Waals surface area contributed by atoms with E-state index in [2.05, 4.69) is 40.5 Å². The van der Waals surface area contributed by atoms with Gasteiger partial charge in [-0.1, -0.05) is 96.8 Å². The van der Waals surface area contributed by atoms with Crippen LogP contribution in [0.15, 0.2) is 38.0 Å². The van der Waals surface area contributed by atoms with Crippen LogP contribution in [0.3, 0.4) is 0 Å². The van der Waals surface area contributed by atoms with Gasteiger partial charge in [-0.05, 0) is 19.3 Å². The Bertz CT molecular complexity index is 411. The summed E-state index contributed by atoms with van der Waals surface area (Å²) < 4.78 is 31.3. The molecule has 0 aliphatic rings. The van der Waals surface area contributed by atoms with Crippen LogP contribution in [0.5, 0.6) is 0 Å². The third kappa shape index (κ3) is 14.0. The minimum absolute atomic E-state index is 0.366. The van der Waals surface area contributed by atoms with Crippen LogP contribution in [-0.4, -0.2) is 18.3 Å². The highest BCUT2D eigenvalue weighted by Gasteiger charge is 2.34. The van der Waals surface area contributed by atoms with Gasteiger partial charge < -0.3 is 0 Å². The topological polar surface area (TPSA) is 44.8 Å². The highest BCUT2D eigenvalue weighted by atomic mass is 31.2. The van der Waals surface area contributed by atoms with Gasteiger partial charge in [0.1, 0.15) is 0 Å². The lowest BCUT2D eigenvalue weighted by Gasteiger charge is -2.27. The molecule has 0 spiro atoms. The van der Waals surface area contributed by atoms with E-state index in [4.69, 9.17) is 13.6 Å². The number of hydrogen-bond acceptors (Lipinski definition) is 4. The lowest BCUT2D eigenvalue weighted by molar-refractivity contribution is 0.0553. The Labute approximate surface area is 180 Å². The molecule has 170 valence electrons. The molecule has 3 atom stereocenters. The standard InChI is InChI=1S/C24H45O4P/c1-7-13-16-19-22(10-4)26-29(25,27-23(11-5)20-17-14-8-2)28-24(12-6)21-18-15-9-3/h10-12,22-24H,4-9,13-21H2,1-3H3. The summed E-state index contributed by atoms with van der Waals surface area (Å²) >= 11 is 0. The Morgan fingerprint density at radius 2 is 0.897 bits per heavy atom. The van der Waals surface area contributed by atoms with E-state index in [1.54, 1.807) is 18.2 Å². The maximum atomic E-state index is 13.6. The normalized spacial score (nSPS) is 16.5. The molecule has 5 heteroatoms. The molecule has 0 saturated carbocycles. The van der Waals surface area contributed by atoms with Crippen molar-refractivity contribution in [1.82, 2.24) is 0 Å². The first-order valence-electron chi connectivity index (χ1n) is 11.5. The second-order valence-corrected chi connectivity index (χ2v) is 9.10. The SMILES string of the molecule is C=CC(CCCCC)OP(=O)(OC(C=C)CCCCC)OC(C=C)CCCCC. The van der Waals surface area contributed by atoms with Crippen molar-refractivity contribution in [3.05, 3.63) is 38.0 Å². The van der Waals surface area contributed by atoms with Gasteiger partial charge in [0.2, 0.25) is 0 Å². The second kappa shape index (κ2) is 18.1. The lowest BCUT2D eigenvalue weighted by Crippen LogP contribution is -2.19. The molecule has 0 aromatic rings. The monoisotopic (exact) mass is 428 g/mol. The highest BCUT2D eigenvalue weighted by Crippen LogP contribution is 2.54. The summed E-state index contributed by atoms with van der Waals surface area (Å²) in [6, 6.07) is 0. The van der Waals surface area contributed by atoms with Gasteiger partial charge in [0, 0.05) is 0 Å². The summed E-state index contributed by atoms with van der Waals surface area (Å²) in [5.41, 5.74) is 0. The molecular weight excluding hydrogens is 383 g/mol. The predicted octanol–water partition coefficient (Wildman–Crippen LogP) is 8.55. The fourth-order valence-corrected chi connectivity index (χ4v) is 4.72. The molecule has 0 heterocycles. The van der Waals surface area contributed by atoms with Crippen LogP contribution in [0, 0.1) is 0 Å². The maximum absolute atomic E-state index is 13.6. The summed E-state index contributed by atoms with van der Waals surface area (Å²) in [5.74, 6) is 0. The smallest absolute Gasteiger partial charge is 0.279 e. The average Bonchev–Trinajstić information content (AvgIpc) is 2.72. The number of phosphoric ester groups is 1. The third-order valence-corrected chi connectivity index (χ3v) is 6.45. The zero-order valence-corrected chi connectivity index (χ0v) is 20.0. The number of hydrogen-bond donors (Lipinski definition) is 0. The van der Waals surface area contributed by atoms with Crippen LogP contribution in [0.4, 0.5) is 0 Å². The summed E-state index contributed by atoms with van der Waals surface area (Å²) in [6.45, 7) is 18.0. The molecule has 3 unspecified atom stereocenters. The Balaban J connectivity index is 5.24. The van der Waals surface area contributed by atoms with E-state index < -0.39 is 7.82 Å². The molecule has 0 aliphatic heterocycles. The summed E-state index contributed by atoms with van der Waals surface area (Å²) in [6.07, 6.45) is 15.8. The van der Waals surface area contributed by atoms with Crippen LogP contribution >= 0.6 is 7.82 Å². The zero-order valence-electron chi connectivity index (χ0n) is 19.2. The largest absolute Gasteiger partial charge is 0.476 e. The van der Waals surface area contributed by atoms with E-state index in [0.717, 1.165) is 77.0 Å². The average molecular weight is 429 g/mol. The van der Waals surface area contributed by atoms with E-state index in [0.29, 0.717) is 0 Å². The third-order valence-electron chi connectivity index (χ3n) is 4.86. The highest BCUT2D eigenvalue weighted by molar-refractivity contribution is 7.48. The van der Waals surface area contributed by atoms with E-state index in [1.807, 2.05) is 0 Å². The van der Waals surface area contributed by atoms with Crippen LogP contribution in [-0.2, 0) is 18.1 Å². The van der Waals surface area contributed by atoms with Crippen molar-refractivity contribution in [2.24, 2.45) is 0 Å². The van der Waals surface area contributed by atoms with E-state index in [-0.39, 0.29) is 18.3 Å². The van der Waals surface area contributed by atoms with E-state index in [1.165, 1.54) is 0 Å². The summed E-state index contributed by atoms with van der Waals surface area (Å²) in [4.78, 5) is 0. The Morgan fingerprint density at radius 3 is 1.10 bits per heavy atom. The fraction of sp³-hybridized carbons (Fsp3) is 0.750. The molecule has 0 rings (SSSR count). The molecule has 0 aliphatic carbocycles. The number of phosphoric acid groups is 1. The van der Waals surface area contributed by atoms with Gasteiger partial charge in [0.25, 0.3) is 0 Å². The van der Waals surface area contributed by atoms with Crippen LogP contribution < -0.4 is 0 Å². The van der Waals surface area contributed by atoms with Crippen molar-refractivity contribution < 1.29 is 18.1 Å². The van der Waals surface area contributed by atoms with Gasteiger partial charge in [-0.25, -0.2) is 4.57 Å². The van der Waals surface area contributed by atoms with Crippen molar-refractivity contribution >= 4 is 7.82 Å². The van der Waals surface area contributed by atoms with Crippen molar-refractivity contribution in [3.63, 3.8) is 0 Å². The van der Waals surface area contributed by atoms with E-state index >= 15 is 0 Å². The molecule has 0 amide bonds. The van der Waals surface area contributed by atoms with Crippen LogP contribution in [0.2, 0.25) is 0 Å². The molecule has 0 saturated heterocycles. The van der Waals surface area contributed by atoms with Crippen LogP contribution in [0.1, 0.15) is 97.8 Å².